The van der Waals surface area contributed by atoms with Gasteiger partial charge in [0.15, 0.2) is 5.96 Å². The Morgan fingerprint density at radius 1 is 1.06 bits per heavy atom. The maximum absolute atomic E-state index is 11.8. The molecule has 0 aliphatic rings. The van der Waals surface area contributed by atoms with E-state index in [1.165, 1.54) is 11.1 Å². The summed E-state index contributed by atoms with van der Waals surface area (Å²) in [7, 11) is 5.57. The molecule has 0 spiro atoms. The molecule has 31 heavy (non-hydrogen) atoms. The Kier molecular flexibility index (Phi) is 12.2. The summed E-state index contributed by atoms with van der Waals surface area (Å²) >= 11 is 0. The highest BCUT2D eigenvalue weighted by atomic mass is 127. The zero-order valence-electron chi connectivity index (χ0n) is 19.2. The monoisotopic (exact) mass is 537 g/mol. The molecule has 2 aromatic rings. The van der Waals surface area contributed by atoms with Crippen LogP contribution in [0.3, 0.4) is 0 Å². The number of hydrogen-bond donors (Lipinski definition) is 3. The highest BCUT2D eigenvalue weighted by Gasteiger charge is 2.09. The summed E-state index contributed by atoms with van der Waals surface area (Å²) < 4.78 is 0. The molecule has 0 saturated carbocycles. The van der Waals surface area contributed by atoms with Crippen LogP contribution >= 0.6 is 24.0 Å². The first kappa shape index (κ1) is 26.9. The Hall–Kier alpha value is -2.13. The molecule has 170 valence electrons. The van der Waals surface area contributed by atoms with Crippen molar-refractivity contribution in [2.75, 3.05) is 27.7 Å². The van der Waals surface area contributed by atoms with E-state index in [1.807, 2.05) is 24.3 Å². The molecule has 0 radical (unpaired) electrons. The molecule has 2 rings (SSSR count). The van der Waals surface area contributed by atoms with Gasteiger partial charge in [-0.3, -0.25) is 14.7 Å². The maximum Gasteiger partial charge on any atom is 0.251 e. The van der Waals surface area contributed by atoms with Crippen LogP contribution in [0.25, 0.3) is 0 Å². The van der Waals surface area contributed by atoms with Crippen molar-refractivity contribution in [2.45, 2.75) is 39.4 Å². The van der Waals surface area contributed by atoms with E-state index in [0.29, 0.717) is 18.2 Å². The standard InChI is InChI=1S/C24H35N5O.HI/c1-18(2)29(5)17-22-11-7-6-10-21(22)16-28-24(26-4)27-14-13-19-9-8-12-20(15-19)23(30)25-3;/h6-12,15,18H,13-14,16-17H2,1-5H3,(H,25,30)(H2,26,27,28);1H. The maximum atomic E-state index is 11.8. The number of amides is 1. The van der Waals surface area contributed by atoms with Crippen molar-refractivity contribution in [3.63, 3.8) is 0 Å². The summed E-state index contributed by atoms with van der Waals surface area (Å²) in [5, 5.41) is 9.43. The lowest BCUT2D eigenvalue weighted by Crippen LogP contribution is -2.38. The van der Waals surface area contributed by atoms with Crippen LogP contribution in [0, 0.1) is 0 Å². The van der Waals surface area contributed by atoms with Gasteiger partial charge in [0.1, 0.15) is 0 Å². The first-order chi connectivity index (χ1) is 14.4. The number of aliphatic imine (C=N–C) groups is 1. The van der Waals surface area contributed by atoms with Crippen molar-refractivity contribution in [3.8, 4) is 0 Å². The minimum atomic E-state index is -0.0657. The van der Waals surface area contributed by atoms with Crippen LogP contribution in [0.4, 0.5) is 0 Å². The fraction of sp³-hybridized carbons (Fsp3) is 0.417. The molecule has 6 nitrogen and oxygen atoms in total. The Morgan fingerprint density at radius 2 is 1.77 bits per heavy atom. The first-order valence-corrected chi connectivity index (χ1v) is 10.5. The van der Waals surface area contributed by atoms with Crippen molar-refractivity contribution >= 4 is 35.8 Å². The minimum absolute atomic E-state index is 0. The number of carbonyl (C=O) groups excluding carboxylic acids is 1. The summed E-state index contributed by atoms with van der Waals surface area (Å²) in [4.78, 5) is 18.5. The summed E-state index contributed by atoms with van der Waals surface area (Å²) in [6.07, 6.45) is 0.807. The summed E-state index contributed by atoms with van der Waals surface area (Å²) in [5.41, 5.74) is 4.38. The molecule has 0 atom stereocenters. The van der Waals surface area contributed by atoms with E-state index < -0.39 is 0 Å². The number of guanidine groups is 1. The molecular weight excluding hydrogens is 501 g/mol. The van der Waals surface area contributed by atoms with Crippen LogP contribution in [0.5, 0.6) is 0 Å². The molecular formula is C24H36IN5O. The van der Waals surface area contributed by atoms with Gasteiger partial charge in [0.2, 0.25) is 0 Å². The Labute approximate surface area is 203 Å². The average Bonchev–Trinajstić information content (AvgIpc) is 2.76. The van der Waals surface area contributed by atoms with Crippen LogP contribution < -0.4 is 16.0 Å². The normalized spacial score (nSPS) is 11.3. The van der Waals surface area contributed by atoms with Crippen LogP contribution in [0.2, 0.25) is 0 Å². The van der Waals surface area contributed by atoms with Crippen LogP contribution in [-0.2, 0) is 19.5 Å². The lowest BCUT2D eigenvalue weighted by atomic mass is 10.1. The molecule has 1 amide bonds. The van der Waals surface area contributed by atoms with Gasteiger partial charge in [-0.2, -0.15) is 0 Å². The minimum Gasteiger partial charge on any atom is -0.356 e. The van der Waals surface area contributed by atoms with E-state index in [-0.39, 0.29) is 29.9 Å². The molecule has 7 heteroatoms. The van der Waals surface area contributed by atoms with E-state index >= 15 is 0 Å². The third-order valence-electron chi connectivity index (χ3n) is 5.21. The number of carbonyl (C=O) groups is 1. The predicted molar refractivity (Wildman–Crippen MR) is 140 cm³/mol. The van der Waals surface area contributed by atoms with Crippen LogP contribution in [-0.4, -0.2) is 50.5 Å². The summed E-state index contributed by atoms with van der Waals surface area (Å²) in [6, 6.07) is 16.7. The fourth-order valence-electron chi connectivity index (χ4n) is 3.07. The van der Waals surface area contributed by atoms with Crippen molar-refractivity contribution in [2.24, 2.45) is 4.99 Å². The second-order valence-electron chi connectivity index (χ2n) is 7.66. The van der Waals surface area contributed by atoms with E-state index in [2.05, 4.69) is 71.0 Å². The molecule has 2 aromatic carbocycles. The molecule has 0 bridgehead atoms. The second kappa shape index (κ2) is 14.0. The predicted octanol–water partition coefficient (Wildman–Crippen LogP) is 3.41. The second-order valence-corrected chi connectivity index (χ2v) is 7.66. The average molecular weight is 537 g/mol. The van der Waals surface area contributed by atoms with Gasteiger partial charge >= 0.3 is 0 Å². The molecule has 0 unspecified atom stereocenters. The SMILES string of the molecule is CN=C(NCCc1cccc(C(=O)NC)c1)NCc1ccccc1CN(C)C(C)C.I. The molecule has 0 saturated heterocycles. The number of benzene rings is 2. The molecule has 0 fully saturated rings. The van der Waals surface area contributed by atoms with Crippen molar-refractivity contribution < 1.29 is 4.79 Å². The lowest BCUT2D eigenvalue weighted by Gasteiger charge is -2.23. The van der Waals surface area contributed by atoms with Gasteiger partial charge in [0, 0.05) is 45.3 Å². The summed E-state index contributed by atoms with van der Waals surface area (Å²) in [6.45, 7) is 6.78. The summed E-state index contributed by atoms with van der Waals surface area (Å²) in [5.74, 6) is 0.702. The Morgan fingerprint density at radius 3 is 2.42 bits per heavy atom. The third kappa shape index (κ3) is 8.86. The van der Waals surface area contributed by atoms with Crippen molar-refractivity contribution in [3.05, 3.63) is 70.8 Å². The molecule has 0 aromatic heterocycles. The lowest BCUT2D eigenvalue weighted by molar-refractivity contribution is 0.0963. The Balaban J connectivity index is 0.00000480. The number of halogens is 1. The van der Waals surface area contributed by atoms with Gasteiger partial charge < -0.3 is 16.0 Å². The Bertz CT molecular complexity index is 853. The van der Waals surface area contributed by atoms with Gasteiger partial charge in [-0.05, 0) is 56.1 Å². The van der Waals surface area contributed by atoms with Gasteiger partial charge in [0.25, 0.3) is 5.91 Å². The third-order valence-corrected chi connectivity index (χ3v) is 5.21. The van der Waals surface area contributed by atoms with Gasteiger partial charge in [0.05, 0.1) is 0 Å². The number of hydrogen-bond acceptors (Lipinski definition) is 3. The zero-order valence-corrected chi connectivity index (χ0v) is 21.6. The quantitative estimate of drug-likeness (QED) is 0.261. The smallest absolute Gasteiger partial charge is 0.251 e. The van der Waals surface area contributed by atoms with Crippen LogP contribution in [0.1, 0.15) is 40.9 Å². The van der Waals surface area contributed by atoms with Crippen molar-refractivity contribution in [1.29, 1.82) is 0 Å². The van der Waals surface area contributed by atoms with E-state index in [9.17, 15) is 4.79 Å². The van der Waals surface area contributed by atoms with Crippen LogP contribution in [0.15, 0.2) is 53.5 Å². The highest BCUT2D eigenvalue weighted by Crippen LogP contribution is 2.12. The number of nitrogens with one attached hydrogen (secondary N) is 3. The molecule has 0 aliphatic heterocycles. The van der Waals surface area contributed by atoms with Crippen molar-refractivity contribution in [1.82, 2.24) is 20.9 Å². The zero-order chi connectivity index (χ0) is 21.9. The molecule has 3 N–H and O–H groups in total. The molecule has 0 aliphatic carbocycles. The fourth-order valence-corrected chi connectivity index (χ4v) is 3.07. The topological polar surface area (TPSA) is 68.8 Å². The van der Waals surface area contributed by atoms with Gasteiger partial charge in [-0.1, -0.05) is 36.4 Å². The highest BCUT2D eigenvalue weighted by molar-refractivity contribution is 14.0. The van der Waals surface area contributed by atoms with E-state index in [0.717, 1.165) is 31.0 Å². The number of rotatable bonds is 9. The van der Waals surface area contributed by atoms with E-state index in [1.54, 1.807) is 14.1 Å². The number of nitrogens with zero attached hydrogens (tertiary/aromatic N) is 2. The largest absolute Gasteiger partial charge is 0.356 e. The van der Waals surface area contributed by atoms with Gasteiger partial charge in [-0.15, -0.1) is 24.0 Å². The first-order valence-electron chi connectivity index (χ1n) is 10.5. The molecule has 0 heterocycles. The van der Waals surface area contributed by atoms with E-state index in [4.69, 9.17) is 0 Å². The van der Waals surface area contributed by atoms with Gasteiger partial charge in [-0.25, -0.2) is 0 Å².